The molecule has 2 heterocycles. The number of rotatable bonds is 6. The van der Waals surface area contributed by atoms with Crippen molar-refractivity contribution in [2.45, 2.75) is 20.4 Å². The molecular weight excluding hydrogens is 370 g/mol. The van der Waals surface area contributed by atoms with Gasteiger partial charge in [0.25, 0.3) is 11.8 Å². The van der Waals surface area contributed by atoms with Gasteiger partial charge in [0.15, 0.2) is 0 Å². The van der Waals surface area contributed by atoms with Gasteiger partial charge in [-0.05, 0) is 66.8 Å². The predicted octanol–water partition coefficient (Wildman–Crippen LogP) is 3.85. The van der Waals surface area contributed by atoms with Gasteiger partial charge in [0, 0.05) is 29.4 Å². The van der Waals surface area contributed by atoms with E-state index in [2.05, 4.69) is 15.6 Å². The predicted molar refractivity (Wildman–Crippen MR) is 112 cm³/mol. The molecule has 2 aromatic heterocycles. The van der Waals surface area contributed by atoms with Crippen LogP contribution in [0.2, 0.25) is 0 Å². The van der Waals surface area contributed by atoms with E-state index in [4.69, 9.17) is 0 Å². The molecule has 6 heteroatoms. The normalized spacial score (nSPS) is 11.1. The summed E-state index contributed by atoms with van der Waals surface area (Å²) in [7, 11) is 0. The molecule has 0 bridgehead atoms. The first-order chi connectivity index (χ1) is 13.5. The van der Waals surface area contributed by atoms with Crippen molar-refractivity contribution in [2.24, 2.45) is 0 Å². The molecule has 3 aromatic rings. The van der Waals surface area contributed by atoms with Crippen LogP contribution in [0.5, 0.6) is 0 Å². The second-order valence-electron chi connectivity index (χ2n) is 6.38. The van der Waals surface area contributed by atoms with E-state index in [9.17, 15) is 9.59 Å². The van der Waals surface area contributed by atoms with E-state index < -0.39 is 0 Å². The number of nitrogens with zero attached hydrogens (tertiary/aromatic N) is 1. The number of nitrogens with one attached hydrogen (secondary N) is 2. The summed E-state index contributed by atoms with van der Waals surface area (Å²) in [6.07, 6.45) is 5.06. The number of aryl methyl sites for hydroxylation is 2. The molecule has 0 atom stereocenters. The first-order valence-corrected chi connectivity index (χ1v) is 9.72. The molecule has 5 nitrogen and oxygen atoms in total. The first-order valence-electron chi connectivity index (χ1n) is 8.84. The fraction of sp³-hybridized carbons (Fsp3) is 0.136. The lowest BCUT2D eigenvalue weighted by Crippen LogP contribution is -2.34. The zero-order valence-corrected chi connectivity index (χ0v) is 16.5. The van der Waals surface area contributed by atoms with Gasteiger partial charge >= 0.3 is 0 Å². The summed E-state index contributed by atoms with van der Waals surface area (Å²) in [6.45, 7) is 4.28. The summed E-state index contributed by atoms with van der Waals surface area (Å²) < 4.78 is 0. The molecule has 0 saturated heterocycles. The highest BCUT2D eigenvalue weighted by Crippen LogP contribution is 2.19. The van der Waals surface area contributed by atoms with Crippen molar-refractivity contribution in [3.8, 4) is 0 Å². The molecule has 0 unspecified atom stereocenters. The SMILES string of the molecule is Cc1ccc(C(=O)N/C(=C\c2sccc2C)C(=O)NCc2ccncc2)cc1. The number of benzene rings is 1. The van der Waals surface area contributed by atoms with Crippen molar-refractivity contribution in [3.05, 3.63) is 93.1 Å². The van der Waals surface area contributed by atoms with Crippen LogP contribution in [0.15, 0.2) is 65.9 Å². The zero-order valence-electron chi connectivity index (χ0n) is 15.7. The third-order valence-corrected chi connectivity index (χ3v) is 5.15. The Morgan fingerprint density at radius 3 is 2.39 bits per heavy atom. The lowest BCUT2D eigenvalue weighted by molar-refractivity contribution is -0.117. The van der Waals surface area contributed by atoms with Gasteiger partial charge in [-0.2, -0.15) is 0 Å². The van der Waals surface area contributed by atoms with Gasteiger partial charge in [-0.25, -0.2) is 0 Å². The van der Waals surface area contributed by atoms with Crippen LogP contribution in [0.3, 0.4) is 0 Å². The first kappa shape index (κ1) is 19.5. The Morgan fingerprint density at radius 2 is 1.75 bits per heavy atom. The number of carbonyl (C=O) groups is 2. The highest BCUT2D eigenvalue weighted by atomic mass is 32.1. The minimum Gasteiger partial charge on any atom is -0.347 e. The number of amides is 2. The molecule has 1 aromatic carbocycles. The summed E-state index contributed by atoms with van der Waals surface area (Å²) in [5.74, 6) is -0.662. The number of aromatic nitrogens is 1. The third kappa shape index (κ3) is 5.14. The Bertz CT molecular complexity index is 992. The van der Waals surface area contributed by atoms with Gasteiger partial charge in [0.05, 0.1) is 0 Å². The number of hydrogen-bond donors (Lipinski definition) is 2. The third-order valence-electron chi connectivity index (χ3n) is 4.19. The van der Waals surface area contributed by atoms with E-state index in [0.717, 1.165) is 21.6 Å². The topological polar surface area (TPSA) is 71.1 Å². The molecule has 28 heavy (non-hydrogen) atoms. The molecule has 0 aliphatic carbocycles. The van der Waals surface area contributed by atoms with Gasteiger partial charge in [0.2, 0.25) is 0 Å². The molecule has 0 saturated carbocycles. The van der Waals surface area contributed by atoms with Crippen molar-refractivity contribution in [1.29, 1.82) is 0 Å². The number of thiophene rings is 1. The average Bonchev–Trinajstić information content (AvgIpc) is 3.11. The van der Waals surface area contributed by atoms with Crippen LogP contribution in [-0.2, 0) is 11.3 Å². The number of carbonyl (C=O) groups excluding carboxylic acids is 2. The number of pyridine rings is 1. The fourth-order valence-corrected chi connectivity index (χ4v) is 3.36. The maximum absolute atomic E-state index is 12.8. The lowest BCUT2D eigenvalue weighted by atomic mass is 10.1. The largest absolute Gasteiger partial charge is 0.347 e. The maximum Gasteiger partial charge on any atom is 0.268 e. The highest BCUT2D eigenvalue weighted by Gasteiger charge is 2.15. The maximum atomic E-state index is 12.8. The summed E-state index contributed by atoms with van der Waals surface area (Å²) in [5, 5.41) is 7.56. The standard InChI is InChI=1S/C22H21N3O2S/c1-15-3-5-18(6-4-15)21(26)25-19(13-20-16(2)9-12-28-20)22(27)24-14-17-7-10-23-11-8-17/h3-13H,14H2,1-2H3,(H,24,27)(H,25,26)/b19-13-. The Morgan fingerprint density at radius 1 is 1.04 bits per heavy atom. The minimum absolute atomic E-state index is 0.213. The van der Waals surface area contributed by atoms with Crippen molar-refractivity contribution in [2.75, 3.05) is 0 Å². The molecule has 3 rings (SSSR count). The molecule has 2 amide bonds. The van der Waals surface area contributed by atoms with Crippen LogP contribution < -0.4 is 10.6 Å². The molecule has 0 fully saturated rings. The Labute approximate surface area is 168 Å². The Kier molecular flexibility index (Phi) is 6.34. The van der Waals surface area contributed by atoms with E-state index in [1.165, 1.54) is 11.3 Å². The van der Waals surface area contributed by atoms with Crippen LogP contribution in [0.25, 0.3) is 6.08 Å². The van der Waals surface area contributed by atoms with E-state index in [1.54, 1.807) is 30.6 Å². The van der Waals surface area contributed by atoms with Crippen molar-refractivity contribution >= 4 is 29.2 Å². The smallest absolute Gasteiger partial charge is 0.268 e. The zero-order chi connectivity index (χ0) is 19.9. The van der Waals surface area contributed by atoms with Crippen molar-refractivity contribution in [3.63, 3.8) is 0 Å². The summed E-state index contributed by atoms with van der Waals surface area (Å²) in [5.41, 5.74) is 3.76. The van der Waals surface area contributed by atoms with Gasteiger partial charge in [-0.1, -0.05) is 17.7 Å². The van der Waals surface area contributed by atoms with Crippen LogP contribution in [-0.4, -0.2) is 16.8 Å². The van der Waals surface area contributed by atoms with E-state index >= 15 is 0 Å². The molecule has 0 spiro atoms. The van der Waals surface area contributed by atoms with Crippen molar-refractivity contribution < 1.29 is 9.59 Å². The molecule has 0 aliphatic heterocycles. The summed E-state index contributed by atoms with van der Waals surface area (Å²) in [4.78, 5) is 30.3. The van der Waals surface area contributed by atoms with Gasteiger partial charge in [-0.15, -0.1) is 11.3 Å². The van der Waals surface area contributed by atoms with Gasteiger partial charge in [0.1, 0.15) is 5.70 Å². The molecule has 2 N–H and O–H groups in total. The minimum atomic E-state index is -0.343. The average molecular weight is 391 g/mol. The molecule has 142 valence electrons. The summed E-state index contributed by atoms with van der Waals surface area (Å²) >= 11 is 1.52. The second-order valence-corrected chi connectivity index (χ2v) is 7.33. The number of hydrogen-bond acceptors (Lipinski definition) is 4. The Balaban J connectivity index is 1.79. The van der Waals surface area contributed by atoms with Crippen molar-refractivity contribution in [1.82, 2.24) is 15.6 Å². The highest BCUT2D eigenvalue weighted by molar-refractivity contribution is 7.11. The van der Waals surface area contributed by atoms with Gasteiger partial charge < -0.3 is 10.6 Å². The van der Waals surface area contributed by atoms with Crippen LogP contribution in [0.4, 0.5) is 0 Å². The van der Waals surface area contributed by atoms with E-state index in [0.29, 0.717) is 12.1 Å². The van der Waals surface area contributed by atoms with Crippen LogP contribution >= 0.6 is 11.3 Å². The van der Waals surface area contributed by atoms with Gasteiger partial charge in [-0.3, -0.25) is 14.6 Å². The summed E-state index contributed by atoms with van der Waals surface area (Å²) in [6, 6.07) is 12.9. The monoisotopic (exact) mass is 391 g/mol. The fourth-order valence-electron chi connectivity index (χ4n) is 2.50. The van der Waals surface area contributed by atoms with Crippen LogP contribution in [0, 0.1) is 13.8 Å². The molecular formula is C22H21N3O2S. The van der Waals surface area contributed by atoms with Crippen LogP contribution in [0.1, 0.15) is 31.9 Å². The quantitative estimate of drug-likeness (QED) is 0.627. The molecule has 0 aliphatic rings. The molecule has 0 radical (unpaired) electrons. The second kappa shape index (κ2) is 9.10. The van der Waals surface area contributed by atoms with E-state index in [1.807, 2.05) is 49.6 Å². The van der Waals surface area contributed by atoms with E-state index in [-0.39, 0.29) is 17.5 Å². The Hall–Kier alpha value is -3.25. The lowest BCUT2D eigenvalue weighted by Gasteiger charge is -2.11.